The monoisotopic (exact) mass is 276 g/mol. The molecule has 1 saturated heterocycles. The van der Waals surface area contributed by atoms with E-state index in [2.05, 4.69) is 6.58 Å². The number of ether oxygens (including phenoxy) is 3. The first-order valence-electron chi connectivity index (χ1n) is 6.64. The molecule has 0 radical (unpaired) electrons. The summed E-state index contributed by atoms with van der Waals surface area (Å²) in [5.41, 5.74) is 0. The van der Waals surface area contributed by atoms with Crippen LogP contribution in [0.15, 0.2) is 49.3 Å². The van der Waals surface area contributed by atoms with Gasteiger partial charge in [-0.25, -0.2) is 0 Å². The summed E-state index contributed by atoms with van der Waals surface area (Å²) < 4.78 is 16.3. The molecule has 0 spiro atoms. The molecule has 4 heteroatoms. The normalized spacial score (nSPS) is 26.4. The zero-order chi connectivity index (χ0) is 14.4. The minimum Gasteiger partial charge on any atom is -0.497 e. The van der Waals surface area contributed by atoms with Crippen LogP contribution in [0.4, 0.5) is 0 Å². The number of methoxy groups -OCH3 is 1. The van der Waals surface area contributed by atoms with Crippen LogP contribution >= 0.6 is 0 Å². The van der Waals surface area contributed by atoms with Crippen LogP contribution in [0.5, 0.6) is 11.5 Å². The molecule has 1 N–H and O–H groups in total. The average Bonchev–Trinajstić information content (AvgIpc) is 2.47. The summed E-state index contributed by atoms with van der Waals surface area (Å²) >= 11 is 0. The largest absolute Gasteiger partial charge is 0.497 e. The summed E-state index contributed by atoms with van der Waals surface area (Å²) in [6.07, 6.45) is 5.68. The first-order valence-corrected chi connectivity index (χ1v) is 6.64. The number of aliphatic hydroxyl groups is 1. The molecule has 0 unspecified atom stereocenters. The van der Waals surface area contributed by atoms with Gasteiger partial charge in [-0.2, -0.15) is 0 Å². The highest BCUT2D eigenvalue weighted by atomic mass is 16.5. The lowest BCUT2D eigenvalue weighted by Gasteiger charge is -2.29. The van der Waals surface area contributed by atoms with Crippen LogP contribution in [0.3, 0.4) is 0 Å². The van der Waals surface area contributed by atoms with E-state index in [0.717, 1.165) is 11.5 Å². The fourth-order valence-electron chi connectivity index (χ4n) is 2.10. The van der Waals surface area contributed by atoms with Crippen molar-refractivity contribution in [1.29, 1.82) is 0 Å². The second-order valence-corrected chi connectivity index (χ2v) is 4.70. The number of rotatable bonds is 5. The van der Waals surface area contributed by atoms with Gasteiger partial charge in [0.05, 0.1) is 31.7 Å². The molecule has 0 amide bonds. The second-order valence-electron chi connectivity index (χ2n) is 4.70. The van der Waals surface area contributed by atoms with Gasteiger partial charge in [0.25, 0.3) is 0 Å². The Bertz CT molecular complexity index is 452. The third-order valence-corrected chi connectivity index (χ3v) is 3.18. The van der Waals surface area contributed by atoms with Gasteiger partial charge in [0, 0.05) is 12.8 Å². The smallest absolute Gasteiger partial charge is 0.126 e. The Morgan fingerprint density at radius 1 is 1.20 bits per heavy atom. The highest BCUT2D eigenvalue weighted by Crippen LogP contribution is 2.22. The lowest BCUT2D eigenvalue weighted by Crippen LogP contribution is -2.33. The van der Waals surface area contributed by atoms with E-state index in [4.69, 9.17) is 14.2 Å². The maximum absolute atomic E-state index is 9.74. The van der Waals surface area contributed by atoms with Crippen molar-refractivity contribution in [3.63, 3.8) is 0 Å². The van der Waals surface area contributed by atoms with E-state index in [9.17, 15) is 5.11 Å². The van der Waals surface area contributed by atoms with Crippen molar-refractivity contribution in [3.05, 3.63) is 49.3 Å². The molecular formula is C16H20O4. The molecule has 20 heavy (non-hydrogen) atoms. The van der Waals surface area contributed by atoms with Crippen molar-refractivity contribution in [2.24, 2.45) is 0 Å². The van der Waals surface area contributed by atoms with Crippen molar-refractivity contribution in [2.45, 2.75) is 31.2 Å². The third kappa shape index (κ3) is 4.11. The highest BCUT2D eigenvalue weighted by molar-refractivity contribution is 5.31. The summed E-state index contributed by atoms with van der Waals surface area (Å²) in [6.45, 7) is 3.69. The Morgan fingerprint density at radius 3 is 2.50 bits per heavy atom. The fourth-order valence-corrected chi connectivity index (χ4v) is 2.10. The van der Waals surface area contributed by atoms with E-state index in [1.807, 2.05) is 30.3 Å². The lowest BCUT2D eigenvalue weighted by atomic mass is 10.0. The van der Waals surface area contributed by atoms with Gasteiger partial charge in [-0.05, 0) is 30.3 Å². The topological polar surface area (TPSA) is 47.9 Å². The number of benzene rings is 1. The van der Waals surface area contributed by atoms with E-state index in [1.54, 1.807) is 19.4 Å². The van der Waals surface area contributed by atoms with E-state index < -0.39 is 0 Å². The van der Waals surface area contributed by atoms with Gasteiger partial charge in [0.1, 0.15) is 11.5 Å². The zero-order valence-corrected chi connectivity index (χ0v) is 11.6. The first kappa shape index (κ1) is 14.6. The minimum atomic E-state index is -0.359. The number of hydrogen-bond acceptors (Lipinski definition) is 4. The van der Waals surface area contributed by atoms with Crippen LogP contribution < -0.4 is 9.47 Å². The molecule has 1 heterocycles. The average molecular weight is 276 g/mol. The molecule has 3 atom stereocenters. The van der Waals surface area contributed by atoms with Gasteiger partial charge in [-0.3, -0.25) is 0 Å². The summed E-state index contributed by atoms with van der Waals surface area (Å²) in [5, 5.41) is 9.74. The fraction of sp³-hybridized carbons (Fsp3) is 0.375. The molecule has 1 aliphatic heterocycles. The van der Waals surface area contributed by atoms with E-state index in [-0.39, 0.29) is 18.3 Å². The summed E-state index contributed by atoms with van der Waals surface area (Å²) in [5.74, 6) is 1.51. The standard InChI is InChI=1S/C16H20O4/c1-3-13-10-12(17)11-16(20-13)8-9-19-15-6-4-14(18-2)5-7-15/h3-9,12-13,16-17H,1,10-11H2,2H3/b9-8-/t12-,13+,16-/m0/s1. The summed E-state index contributed by atoms with van der Waals surface area (Å²) in [4.78, 5) is 0. The molecule has 108 valence electrons. The zero-order valence-electron chi connectivity index (χ0n) is 11.6. The van der Waals surface area contributed by atoms with Gasteiger partial charge < -0.3 is 19.3 Å². The lowest BCUT2D eigenvalue weighted by molar-refractivity contribution is -0.0552. The van der Waals surface area contributed by atoms with Crippen LogP contribution in [-0.4, -0.2) is 30.5 Å². The van der Waals surface area contributed by atoms with Crippen LogP contribution in [0.2, 0.25) is 0 Å². The molecule has 0 aliphatic carbocycles. The second kappa shape index (κ2) is 7.12. The van der Waals surface area contributed by atoms with Crippen molar-refractivity contribution in [2.75, 3.05) is 7.11 Å². The first-order chi connectivity index (χ1) is 9.71. The Balaban J connectivity index is 1.87. The highest BCUT2D eigenvalue weighted by Gasteiger charge is 2.24. The van der Waals surface area contributed by atoms with E-state index in [0.29, 0.717) is 12.8 Å². The van der Waals surface area contributed by atoms with E-state index >= 15 is 0 Å². The number of hydrogen-bond donors (Lipinski definition) is 1. The van der Waals surface area contributed by atoms with Gasteiger partial charge in [-0.1, -0.05) is 6.08 Å². The molecule has 1 aromatic carbocycles. The van der Waals surface area contributed by atoms with Crippen LogP contribution in [0.25, 0.3) is 0 Å². The minimum absolute atomic E-state index is 0.102. The molecule has 1 aromatic rings. The Kier molecular flexibility index (Phi) is 5.21. The third-order valence-electron chi connectivity index (χ3n) is 3.18. The SMILES string of the molecule is C=C[C@@H]1C[C@H](O)C[C@H](/C=C\Oc2ccc(OC)cc2)O1. The molecule has 2 rings (SSSR count). The van der Waals surface area contributed by atoms with Gasteiger partial charge in [0.2, 0.25) is 0 Å². The Morgan fingerprint density at radius 2 is 1.85 bits per heavy atom. The summed E-state index contributed by atoms with van der Waals surface area (Å²) in [7, 11) is 1.62. The molecule has 1 fully saturated rings. The van der Waals surface area contributed by atoms with Gasteiger partial charge >= 0.3 is 0 Å². The van der Waals surface area contributed by atoms with Crippen LogP contribution in [0.1, 0.15) is 12.8 Å². The molecule has 1 aliphatic rings. The molecule has 0 aromatic heterocycles. The Hall–Kier alpha value is -1.78. The van der Waals surface area contributed by atoms with Crippen molar-refractivity contribution in [1.82, 2.24) is 0 Å². The quantitative estimate of drug-likeness (QED) is 0.663. The predicted molar refractivity (Wildman–Crippen MR) is 76.9 cm³/mol. The van der Waals surface area contributed by atoms with Gasteiger partial charge in [-0.15, -0.1) is 6.58 Å². The Labute approximate surface area is 119 Å². The van der Waals surface area contributed by atoms with Crippen molar-refractivity contribution >= 4 is 0 Å². The predicted octanol–water partition coefficient (Wildman–Crippen LogP) is 2.68. The van der Waals surface area contributed by atoms with Gasteiger partial charge in [0.15, 0.2) is 0 Å². The van der Waals surface area contributed by atoms with Crippen molar-refractivity contribution < 1.29 is 19.3 Å². The molecule has 4 nitrogen and oxygen atoms in total. The van der Waals surface area contributed by atoms with Crippen LogP contribution in [-0.2, 0) is 4.74 Å². The van der Waals surface area contributed by atoms with E-state index in [1.165, 1.54) is 0 Å². The number of aliphatic hydroxyl groups excluding tert-OH is 1. The maximum atomic E-state index is 9.74. The molecule has 0 saturated carbocycles. The molecule has 0 bridgehead atoms. The van der Waals surface area contributed by atoms with Crippen LogP contribution in [0, 0.1) is 0 Å². The van der Waals surface area contributed by atoms with Crippen molar-refractivity contribution in [3.8, 4) is 11.5 Å². The molecular weight excluding hydrogens is 256 g/mol. The maximum Gasteiger partial charge on any atom is 0.126 e. The summed E-state index contributed by atoms with van der Waals surface area (Å²) in [6, 6.07) is 7.31.